The number of guanidine groups is 1. The molecule has 6 atom stereocenters. The second kappa shape index (κ2) is 45.1. The summed E-state index contributed by atoms with van der Waals surface area (Å²) >= 11 is 0. The Morgan fingerprint density at radius 3 is 0.905 bits per heavy atom. The van der Waals surface area contributed by atoms with Crippen molar-refractivity contribution in [3.05, 3.63) is 0 Å². The van der Waals surface area contributed by atoms with Crippen LogP contribution >= 0.6 is 0 Å². The quantitative estimate of drug-likeness (QED) is 0.0204. The van der Waals surface area contributed by atoms with E-state index in [1.165, 1.54) is 0 Å². The molecule has 0 heterocycles. The number of ether oxygens (including phenoxy) is 6. The number of carbonyl (C=O) groups is 8. The van der Waals surface area contributed by atoms with Crippen LogP contribution in [-0.2, 0) is 66.8 Å². The van der Waals surface area contributed by atoms with Crippen molar-refractivity contribution in [2.45, 2.75) is 227 Å². The third kappa shape index (κ3) is 72.9. The Labute approximate surface area is 503 Å². The first kappa shape index (κ1) is 89.9. The van der Waals surface area contributed by atoms with Gasteiger partial charge in [-0.15, -0.1) is 0 Å². The molecule has 0 saturated carbocycles. The highest BCUT2D eigenvalue weighted by molar-refractivity contribution is 5.79. The van der Waals surface area contributed by atoms with Crippen LogP contribution < -0.4 is 51.6 Å². The van der Waals surface area contributed by atoms with Crippen LogP contribution in [0.3, 0.4) is 0 Å². The summed E-state index contributed by atoms with van der Waals surface area (Å²) in [6.45, 7) is 43.5. The van der Waals surface area contributed by atoms with Gasteiger partial charge in [0.1, 0.15) is 36.3 Å². The van der Waals surface area contributed by atoms with Gasteiger partial charge in [-0.05, 0) is 77.4 Å². The lowest BCUT2D eigenvalue weighted by Gasteiger charge is -2.20. The molecule has 6 unspecified atom stereocenters. The van der Waals surface area contributed by atoms with E-state index in [2.05, 4.69) is 4.99 Å². The van der Waals surface area contributed by atoms with Gasteiger partial charge in [-0.1, -0.05) is 138 Å². The van der Waals surface area contributed by atoms with E-state index in [1.54, 1.807) is 6.92 Å². The number of hydrogen-bond acceptors (Lipinski definition) is 22. The van der Waals surface area contributed by atoms with Gasteiger partial charge in [-0.3, -0.25) is 43.3 Å². The summed E-state index contributed by atoms with van der Waals surface area (Å²) in [5, 5.41) is 16.9. The Bertz CT molecular complexity index is 1840. The van der Waals surface area contributed by atoms with Gasteiger partial charge in [0.25, 0.3) is 0 Å². The second-order valence-corrected chi connectivity index (χ2v) is 28.0. The van der Waals surface area contributed by atoms with Crippen molar-refractivity contribution in [3.63, 3.8) is 0 Å². The van der Waals surface area contributed by atoms with E-state index in [0.29, 0.717) is 64.8 Å². The van der Waals surface area contributed by atoms with E-state index in [4.69, 9.17) is 90.2 Å². The fourth-order valence-electron chi connectivity index (χ4n) is 4.52. The monoisotopic (exact) mass is 1210 g/mol. The number of esters is 6. The zero-order chi connectivity index (χ0) is 67.8. The highest BCUT2D eigenvalue weighted by atomic mass is 16.6. The lowest BCUT2D eigenvalue weighted by atomic mass is 9.98. The number of amides is 1. The van der Waals surface area contributed by atoms with E-state index < -0.39 is 66.0 Å². The smallest absolute Gasteiger partial charge is 0.325 e. The van der Waals surface area contributed by atoms with E-state index >= 15 is 0 Å². The molecule has 0 aromatic carbocycles. The first-order chi connectivity index (χ1) is 37.6. The molecule has 26 heteroatoms. The molecule has 1 amide bonds. The van der Waals surface area contributed by atoms with Crippen LogP contribution in [0.15, 0.2) is 4.99 Å². The van der Waals surface area contributed by atoms with Crippen molar-refractivity contribution in [2.75, 3.05) is 52.8 Å². The topological polar surface area (TPSA) is 479 Å². The number of aliphatic imine (C=N–C) groups is 1. The molecule has 26 nitrogen and oxygen atoms in total. The van der Waals surface area contributed by atoms with Crippen molar-refractivity contribution in [1.82, 2.24) is 0 Å². The van der Waals surface area contributed by atoms with Crippen LogP contribution in [0.25, 0.3) is 0 Å². The largest absolute Gasteiger partial charge is 0.481 e. The number of nitrogens with zero attached hydrogens (tertiary/aromatic N) is 1. The maximum Gasteiger partial charge on any atom is 0.325 e. The Morgan fingerprint density at radius 1 is 0.405 bits per heavy atom. The fraction of sp³-hybridized carbons (Fsp3) is 0.845. The predicted octanol–water partition coefficient (Wildman–Crippen LogP) is 3.66. The Morgan fingerprint density at radius 2 is 0.667 bits per heavy atom. The SMILES string of the molecule is CC(C)(C)COC(=O)C(N)CCC(=O)O.CC(C)(C)COC(=O)C(N)CCC(N)=O.CC(C)(C)COC(=O)C(N)CCCN=C(N)N.CC(C)(C)COC(=O)C(N)CO.CC(C)CC(N)C(=O)OCC(C)(C)C.CC(N)C(=O)OCC(C)(C)C. The number of rotatable bonds is 25. The molecule has 0 aliphatic carbocycles. The molecule has 0 aromatic heterocycles. The van der Waals surface area contributed by atoms with E-state index in [9.17, 15) is 38.4 Å². The standard InChI is InChI=1S/C11H24N4O2.C11H23NO2.C10H20N2O3.C10H19NO4.C8H17NO3.C8H17NO2/c1-11(2,3)7-17-9(16)8(12)5-4-6-15-10(13)14;1-8(2)6-9(12)10(13)14-7-11(3,4)5;2*1-10(2,3)6-15-9(14)7(11)4-5-8(12)13;1-8(2,3)5-12-7(11)6(9)4-10;1-6(9)7(10)11-5-8(2,3)4/h8H,4-7,12H2,1-3H3,(H4,13,14,15);8-9H,6-7,12H2,1-5H3;7H,4-6,11H2,1-3H3,(H2,12,13);7H,4-6,11H2,1-3H3,(H,12,13);6,10H,4-5,9H2,1-3H3;6H,5,9H2,1-4H3. The Kier molecular flexibility index (Phi) is 48.3. The van der Waals surface area contributed by atoms with Crippen LogP contribution in [0.2, 0.25) is 0 Å². The van der Waals surface area contributed by atoms with Crippen molar-refractivity contribution < 1.29 is 77.0 Å². The second-order valence-electron chi connectivity index (χ2n) is 28.0. The molecule has 0 aliphatic rings. The summed E-state index contributed by atoms with van der Waals surface area (Å²) < 4.78 is 29.9. The van der Waals surface area contributed by atoms with E-state index in [0.717, 1.165) is 0 Å². The number of aliphatic hydroxyl groups excluding tert-OH is 1. The fourth-order valence-corrected chi connectivity index (χ4v) is 4.52. The highest BCUT2D eigenvalue weighted by Crippen LogP contribution is 2.18. The third-order valence-electron chi connectivity index (χ3n) is 9.03. The molecule has 0 aromatic rings. The summed E-state index contributed by atoms with van der Waals surface area (Å²) in [4.78, 5) is 91.7. The molecule has 84 heavy (non-hydrogen) atoms. The van der Waals surface area contributed by atoms with Crippen LogP contribution in [-0.4, -0.2) is 153 Å². The van der Waals surface area contributed by atoms with Crippen LogP contribution in [0, 0.1) is 38.4 Å². The molecule has 498 valence electrons. The first-order valence-electron chi connectivity index (χ1n) is 28.3. The third-order valence-corrected chi connectivity index (χ3v) is 9.03. The maximum atomic E-state index is 11.5. The minimum absolute atomic E-state index is 0.00715. The molecule has 0 saturated heterocycles. The number of carboxylic acid groups (broad SMARTS) is 1. The van der Waals surface area contributed by atoms with Crippen molar-refractivity contribution in [2.24, 2.45) is 95.0 Å². The Hall–Kier alpha value is -5.25. The summed E-state index contributed by atoms with van der Waals surface area (Å²) in [5.41, 5.74) is 47.8. The van der Waals surface area contributed by atoms with Gasteiger partial charge in [0.15, 0.2) is 5.96 Å². The van der Waals surface area contributed by atoms with Crippen molar-refractivity contribution >= 4 is 53.7 Å². The molecule has 20 N–H and O–H groups in total. The lowest BCUT2D eigenvalue weighted by Crippen LogP contribution is -2.37. The zero-order valence-electron chi connectivity index (χ0n) is 55.4. The van der Waals surface area contributed by atoms with Gasteiger partial charge in [0, 0.05) is 19.4 Å². The van der Waals surface area contributed by atoms with E-state index in [1.807, 2.05) is 138 Å². The molecule has 0 spiro atoms. The molecular formula is C58H120N10O16. The summed E-state index contributed by atoms with van der Waals surface area (Å²) in [5.74, 6) is -3.51. The molecule has 0 aliphatic heterocycles. The van der Waals surface area contributed by atoms with E-state index in [-0.39, 0.29) is 95.3 Å². The molecule has 0 radical (unpaired) electrons. The minimum Gasteiger partial charge on any atom is -0.481 e. The number of hydrogen-bond donors (Lipinski definition) is 11. The summed E-state index contributed by atoms with van der Waals surface area (Å²) in [6.07, 6.45) is 2.18. The number of nitrogens with two attached hydrogens (primary N) is 9. The summed E-state index contributed by atoms with van der Waals surface area (Å²) in [6, 6.07) is -4.11. The van der Waals surface area contributed by atoms with Gasteiger partial charge in [-0.2, -0.15) is 0 Å². The first-order valence-corrected chi connectivity index (χ1v) is 28.3. The molecule has 0 rings (SSSR count). The number of aliphatic carboxylic acids is 1. The normalized spacial score (nSPS) is 13.6. The number of carbonyl (C=O) groups excluding carboxylic acids is 7. The molecular weight excluding hydrogens is 1090 g/mol. The Balaban J connectivity index is -0.000000218. The molecule has 0 fully saturated rings. The number of aliphatic hydroxyl groups is 1. The summed E-state index contributed by atoms with van der Waals surface area (Å²) in [7, 11) is 0. The van der Waals surface area contributed by atoms with Gasteiger partial charge >= 0.3 is 41.8 Å². The van der Waals surface area contributed by atoms with Crippen molar-refractivity contribution in [1.29, 1.82) is 0 Å². The minimum atomic E-state index is -0.964. The average Bonchev–Trinajstić information content (AvgIpc) is 3.32. The maximum absolute atomic E-state index is 11.5. The van der Waals surface area contributed by atoms with Crippen molar-refractivity contribution in [3.8, 4) is 0 Å². The van der Waals surface area contributed by atoms with Crippen LogP contribution in [0.1, 0.15) is 190 Å². The van der Waals surface area contributed by atoms with Gasteiger partial charge < -0.3 is 90.2 Å². The predicted molar refractivity (Wildman–Crippen MR) is 328 cm³/mol. The van der Waals surface area contributed by atoms with Gasteiger partial charge in [0.05, 0.1) is 46.2 Å². The van der Waals surface area contributed by atoms with Crippen LogP contribution in [0.5, 0.6) is 0 Å². The highest BCUT2D eigenvalue weighted by Gasteiger charge is 2.24. The van der Waals surface area contributed by atoms with Gasteiger partial charge in [-0.25, -0.2) is 0 Å². The number of carboxylic acids is 1. The molecule has 0 bridgehead atoms. The zero-order valence-corrected chi connectivity index (χ0v) is 55.4. The van der Waals surface area contributed by atoms with Crippen LogP contribution in [0.4, 0.5) is 0 Å². The average molecular weight is 1210 g/mol. The van der Waals surface area contributed by atoms with Gasteiger partial charge in [0.2, 0.25) is 5.91 Å². The number of primary amides is 1. The lowest BCUT2D eigenvalue weighted by molar-refractivity contribution is -0.149.